The van der Waals surface area contributed by atoms with Gasteiger partial charge in [0.2, 0.25) is 0 Å². The number of hydrogen-bond donors (Lipinski definition) is 0. The minimum atomic E-state index is -0.246. The fraction of sp³-hybridized carbons (Fsp3) is 0.400. The molecule has 0 amide bonds. The molecule has 0 fully saturated rings. The summed E-state index contributed by atoms with van der Waals surface area (Å²) in [7, 11) is 0. The molecule has 1 rings (SSSR count). The van der Waals surface area contributed by atoms with Crippen molar-refractivity contribution in [2.75, 3.05) is 6.61 Å². The molecule has 0 aromatic heterocycles. The predicted octanol–water partition coefficient (Wildman–Crippen LogP) is 3.61. The maximum atomic E-state index is 10.5. The van der Waals surface area contributed by atoms with E-state index in [0.717, 1.165) is 12.0 Å². The van der Waals surface area contributed by atoms with E-state index in [2.05, 4.69) is 31.2 Å². The molecule has 0 spiro atoms. The van der Waals surface area contributed by atoms with Gasteiger partial charge in [-0.2, -0.15) is 0 Å². The Labute approximate surface area is 103 Å². The average molecular weight is 232 g/mol. The van der Waals surface area contributed by atoms with Gasteiger partial charge in [-0.25, -0.2) is 0 Å². The van der Waals surface area contributed by atoms with Crippen molar-refractivity contribution in [3.05, 3.63) is 41.5 Å². The Bertz CT molecular complexity index is 363. The van der Waals surface area contributed by atoms with Gasteiger partial charge in [-0.1, -0.05) is 43.7 Å². The van der Waals surface area contributed by atoms with Gasteiger partial charge in [0.25, 0.3) is 0 Å². The Morgan fingerprint density at radius 2 is 2.00 bits per heavy atom. The number of hydrogen-bond acceptors (Lipinski definition) is 2. The van der Waals surface area contributed by atoms with E-state index in [1.807, 2.05) is 12.2 Å². The lowest BCUT2D eigenvalue weighted by Crippen LogP contribution is -1.97. The molecule has 2 nitrogen and oxygen atoms in total. The van der Waals surface area contributed by atoms with Crippen LogP contribution in [0.5, 0.6) is 0 Å². The van der Waals surface area contributed by atoms with E-state index in [0.29, 0.717) is 6.61 Å². The van der Waals surface area contributed by atoms with Crippen LogP contribution in [0.15, 0.2) is 30.3 Å². The molecular weight excluding hydrogens is 212 g/mol. The van der Waals surface area contributed by atoms with E-state index in [9.17, 15) is 4.79 Å². The normalized spacial score (nSPS) is 10.7. The molecule has 0 aliphatic carbocycles. The Morgan fingerprint density at radius 3 is 2.59 bits per heavy atom. The SMILES string of the molecule is CCCCc1ccc(/C=C/COC(C)=O)cc1. The van der Waals surface area contributed by atoms with Crippen LogP contribution < -0.4 is 0 Å². The summed E-state index contributed by atoms with van der Waals surface area (Å²) in [4.78, 5) is 10.5. The van der Waals surface area contributed by atoms with Gasteiger partial charge in [0, 0.05) is 6.92 Å². The van der Waals surface area contributed by atoms with Crippen LogP contribution in [-0.2, 0) is 16.0 Å². The summed E-state index contributed by atoms with van der Waals surface area (Å²) in [5.41, 5.74) is 2.52. The summed E-state index contributed by atoms with van der Waals surface area (Å²) in [6.45, 7) is 3.95. The fourth-order valence-electron chi connectivity index (χ4n) is 1.53. The lowest BCUT2D eigenvalue weighted by atomic mass is 10.1. The van der Waals surface area contributed by atoms with Gasteiger partial charge in [0.15, 0.2) is 0 Å². The van der Waals surface area contributed by atoms with Crippen molar-refractivity contribution < 1.29 is 9.53 Å². The number of unbranched alkanes of at least 4 members (excludes halogenated alkanes) is 1. The third-order valence-corrected chi connectivity index (χ3v) is 2.49. The number of aryl methyl sites for hydroxylation is 1. The molecule has 1 aromatic rings. The Hall–Kier alpha value is -1.57. The van der Waals surface area contributed by atoms with Crippen molar-refractivity contribution in [1.29, 1.82) is 0 Å². The highest BCUT2D eigenvalue weighted by atomic mass is 16.5. The van der Waals surface area contributed by atoms with Crippen molar-refractivity contribution >= 4 is 12.0 Å². The minimum absolute atomic E-state index is 0.246. The summed E-state index contributed by atoms with van der Waals surface area (Å²) < 4.78 is 4.81. The molecule has 0 unspecified atom stereocenters. The second-order valence-electron chi connectivity index (χ2n) is 4.05. The third kappa shape index (κ3) is 5.91. The molecule has 17 heavy (non-hydrogen) atoms. The topological polar surface area (TPSA) is 26.3 Å². The Kier molecular flexibility index (Phi) is 6.08. The highest BCUT2D eigenvalue weighted by Gasteiger charge is 1.92. The van der Waals surface area contributed by atoms with Gasteiger partial charge in [-0.15, -0.1) is 0 Å². The van der Waals surface area contributed by atoms with Gasteiger partial charge in [-0.3, -0.25) is 4.79 Å². The predicted molar refractivity (Wildman–Crippen MR) is 70.7 cm³/mol. The molecule has 1 aromatic carbocycles. The molecule has 0 saturated carbocycles. The highest BCUT2D eigenvalue weighted by Crippen LogP contribution is 2.09. The van der Waals surface area contributed by atoms with Crippen molar-refractivity contribution in [3.8, 4) is 0 Å². The lowest BCUT2D eigenvalue weighted by molar-refractivity contribution is -0.139. The second kappa shape index (κ2) is 7.66. The Morgan fingerprint density at radius 1 is 1.29 bits per heavy atom. The molecule has 0 bridgehead atoms. The van der Waals surface area contributed by atoms with Crippen molar-refractivity contribution in [2.45, 2.75) is 33.1 Å². The molecular formula is C15H20O2. The molecule has 0 heterocycles. The van der Waals surface area contributed by atoms with E-state index in [4.69, 9.17) is 4.74 Å². The fourth-order valence-corrected chi connectivity index (χ4v) is 1.53. The first kappa shape index (κ1) is 13.5. The van der Waals surface area contributed by atoms with Crippen molar-refractivity contribution in [3.63, 3.8) is 0 Å². The number of ether oxygens (including phenoxy) is 1. The van der Waals surface area contributed by atoms with E-state index in [1.54, 1.807) is 0 Å². The van der Waals surface area contributed by atoms with E-state index in [-0.39, 0.29) is 5.97 Å². The van der Waals surface area contributed by atoms with E-state index < -0.39 is 0 Å². The zero-order valence-corrected chi connectivity index (χ0v) is 10.6. The highest BCUT2D eigenvalue weighted by molar-refractivity contribution is 5.66. The van der Waals surface area contributed by atoms with Crippen LogP contribution in [0.1, 0.15) is 37.8 Å². The summed E-state index contributed by atoms with van der Waals surface area (Å²) in [6.07, 6.45) is 7.43. The number of carbonyl (C=O) groups is 1. The van der Waals surface area contributed by atoms with Crippen LogP contribution in [0.2, 0.25) is 0 Å². The standard InChI is InChI=1S/C15H20O2/c1-3-4-6-14-8-10-15(11-9-14)7-5-12-17-13(2)16/h5,7-11H,3-4,6,12H2,1-2H3/b7-5+. The maximum absolute atomic E-state index is 10.5. The van der Waals surface area contributed by atoms with Gasteiger partial charge >= 0.3 is 5.97 Å². The first-order valence-corrected chi connectivity index (χ1v) is 6.11. The van der Waals surface area contributed by atoms with E-state index >= 15 is 0 Å². The average Bonchev–Trinajstić information content (AvgIpc) is 2.33. The van der Waals surface area contributed by atoms with Crippen molar-refractivity contribution in [1.82, 2.24) is 0 Å². The molecule has 0 N–H and O–H groups in total. The monoisotopic (exact) mass is 232 g/mol. The minimum Gasteiger partial charge on any atom is -0.462 e. The van der Waals surface area contributed by atoms with Crippen LogP contribution in [0.25, 0.3) is 6.08 Å². The van der Waals surface area contributed by atoms with Crippen LogP contribution in [0.4, 0.5) is 0 Å². The lowest BCUT2D eigenvalue weighted by Gasteiger charge is -2.00. The summed E-state index contributed by atoms with van der Waals surface area (Å²) >= 11 is 0. The molecule has 0 atom stereocenters. The Balaban J connectivity index is 2.42. The third-order valence-electron chi connectivity index (χ3n) is 2.49. The molecule has 2 heteroatoms. The van der Waals surface area contributed by atoms with Crippen LogP contribution in [0.3, 0.4) is 0 Å². The first-order valence-electron chi connectivity index (χ1n) is 6.11. The first-order chi connectivity index (χ1) is 8.22. The molecule has 0 aliphatic heterocycles. The van der Waals surface area contributed by atoms with Gasteiger partial charge in [0.1, 0.15) is 6.61 Å². The van der Waals surface area contributed by atoms with E-state index in [1.165, 1.54) is 25.3 Å². The van der Waals surface area contributed by atoms with Crippen molar-refractivity contribution in [2.24, 2.45) is 0 Å². The molecule has 92 valence electrons. The smallest absolute Gasteiger partial charge is 0.302 e. The second-order valence-corrected chi connectivity index (χ2v) is 4.05. The summed E-state index contributed by atoms with van der Waals surface area (Å²) in [5.74, 6) is -0.246. The van der Waals surface area contributed by atoms with Gasteiger partial charge in [-0.05, 0) is 30.0 Å². The number of carbonyl (C=O) groups excluding carboxylic acids is 1. The van der Waals surface area contributed by atoms with Gasteiger partial charge < -0.3 is 4.74 Å². The maximum Gasteiger partial charge on any atom is 0.302 e. The summed E-state index contributed by atoms with van der Waals surface area (Å²) in [6, 6.07) is 8.49. The molecule has 0 saturated heterocycles. The van der Waals surface area contributed by atoms with Crippen LogP contribution in [0, 0.1) is 0 Å². The zero-order chi connectivity index (χ0) is 12.5. The largest absolute Gasteiger partial charge is 0.462 e. The molecule has 0 radical (unpaired) electrons. The zero-order valence-electron chi connectivity index (χ0n) is 10.6. The number of esters is 1. The molecule has 0 aliphatic rings. The number of rotatable bonds is 6. The van der Waals surface area contributed by atoms with Crippen LogP contribution in [-0.4, -0.2) is 12.6 Å². The number of benzene rings is 1. The van der Waals surface area contributed by atoms with Crippen LogP contribution >= 0.6 is 0 Å². The quantitative estimate of drug-likeness (QED) is 0.700. The summed E-state index contributed by atoms with van der Waals surface area (Å²) in [5, 5.41) is 0. The van der Waals surface area contributed by atoms with Gasteiger partial charge in [0.05, 0.1) is 0 Å².